The van der Waals surface area contributed by atoms with Crippen LogP contribution in [0.25, 0.3) is 0 Å². The van der Waals surface area contributed by atoms with E-state index in [0.29, 0.717) is 5.41 Å². The number of rotatable bonds is 0. The van der Waals surface area contributed by atoms with E-state index in [0.717, 1.165) is 5.54 Å². The Balaban J connectivity index is 2.73. The zero-order chi connectivity index (χ0) is 8.70. The third-order valence-electron chi connectivity index (χ3n) is 3.30. The van der Waals surface area contributed by atoms with Crippen molar-refractivity contribution in [3.05, 3.63) is 0 Å². The minimum Gasteiger partial charge on any atom is -0.0691 e. The van der Waals surface area contributed by atoms with Crippen molar-refractivity contribution in [2.45, 2.75) is 58.3 Å². The Hall–Kier alpha value is 0.217. The van der Waals surface area contributed by atoms with E-state index in [1.54, 1.807) is 6.04 Å². The van der Waals surface area contributed by atoms with Gasteiger partial charge in [-0.15, -0.1) is 0 Å². The third-order valence-corrected chi connectivity index (χ3v) is 7.99. The Morgan fingerprint density at radius 1 is 1.18 bits per heavy atom. The molecular weight excluding hydrogens is 148 g/mol. The van der Waals surface area contributed by atoms with E-state index in [-0.39, 0.29) is 0 Å². The molecule has 0 spiro atoms. The van der Waals surface area contributed by atoms with Gasteiger partial charge in [0.25, 0.3) is 0 Å². The van der Waals surface area contributed by atoms with Gasteiger partial charge in [-0.3, -0.25) is 0 Å². The molecule has 0 bridgehead atoms. The summed E-state index contributed by atoms with van der Waals surface area (Å²) in [6, 6.07) is 1.56. The van der Waals surface area contributed by atoms with Crippen LogP contribution < -0.4 is 0 Å². The summed E-state index contributed by atoms with van der Waals surface area (Å²) in [6.45, 7) is 12.4. The van der Waals surface area contributed by atoms with Crippen LogP contribution in [0.3, 0.4) is 0 Å². The van der Waals surface area contributed by atoms with Gasteiger partial charge in [-0.25, -0.2) is 0 Å². The van der Waals surface area contributed by atoms with Crippen LogP contribution in [-0.4, -0.2) is 8.07 Å². The predicted molar refractivity (Wildman–Crippen MR) is 54.7 cm³/mol. The van der Waals surface area contributed by atoms with Crippen LogP contribution in [0.15, 0.2) is 0 Å². The molecule has 1 saturated heterocycles. The zero-order valence-corrected chi connectivity index (χ0v) is 9.70. The minimum absolute atomic E-state index is 0.576. The van der Waals surface area contributed by atoms with E-state index < -0.39 is 8.07 Å². The molecule has 0 radical (unpaired) electrons. The standard InChI is InChI=1S/C10H22Si/c1-10(2,3)9-7-6-8-11(9,4)5/h9H,6-8H2,1-5H3. The predicted octanol–water partition coefficient (Wildman–Crippen LogP) is 3.90. The minimum atomic E-state index is -0.805. The molecular formula is C10H22Si. The van der Waals surface area contributed by atoms with E-state index in [1.165, 1.54) is 12.8 Å². The van der Waals surface area contributed by atoms with Crippen molar-refractivity contribution >= 4 is 8.07 Å². The lowest BCUT2D eigenvalue weighted by molar-refractivity contribution is 0.367. The van der Waals surface area contributed by atoms with Gasteiger partial charge in [-0.05, 0) is 11.0 Å². The van der Waals surface area contributed by atoms with Crippen LogP contribution in [-0.2, 0) is 0 Å². The molecule has 0 aliphatic carbocycles. The van der Waals surface area contributed by atoms with Crippen molar-refractivity contribution in [3.63, 3.8) is 0 Å². The second kappa shape index (κ2) is 2.62. The first-order valence-electron chi connectivity index (χ1n) is 4.84. The van der Waals surface area contributed by atoms with Crippen molar-refractivity contribution < 1.29 is 0 Å². The molecule has 0 saturated carbocycles. The van der Waals surface area contributed by atoms with Crippen LogP contribution >= 0.6 is 0 Å². The third kappa shape index (κ3) is 1.87. The molecule has 1 atom stereocenters. The summed E-state index contributed by atoms with van der Waals surface area (Å²) < 4.78 is 0. The normalized spacial score (nSPS) is 30.8. The van der Waals surface area contributed by atoms with Gasteiger partial charge in [0.15, 0.2) is 0 Å². The zero-order valence-electron chi connectivity index (χ0n) is 8.70. The van der Waals surface area contributed by atoms with E-state index in [2.05, 4.69) is 33.9 Å². The fraction of sp³-hybridized carbons (Fsp3) is 1.00. The lowest BCUT2D eigenvalue weighted by Crippen LogP contribution is -2.34. The highest BCUT2D eigenvalue weighted by Gasteiger charge is 2.42. The van der Waals surface area contributed by atoms with Gasteiger partial charge in [0.1, 0.15) is 0 Å². The molecule has 1 rings (SSSR count). The summed E-state index contributed by atoms with van der Waals surface area (Å²) >= 11 is 0. The fourth-order valence-electron chi connectivity index (χ4n) is 2.93. The first-order valence-corrected chi connectivity index (χ1v) is 8.12. The van der Waals surface area contributed by atoms with Gasteiger partial charge in [0, 0.05) is 0 Å². The Labute approximate surface area is 72.4 Å². The van der Waals surface area contributed by atoms with Gasteiger partial charge in [0.05, 0.1) is 8.07 Å². The molecule has 66 valence electrons. The fourth-order valence-corrected chi connectivity index (χ4v) is 7.73. The molecule has 0 aromatic rings. The van der Waals surface area contributed by atoms with Crippen molar-refractivity contribution in [2.24, 2.45) is 5.41 Å². The molecule has 1 aliphatic heterocycles. The maximum absolute atomic E-state index is 2.57. The van der Waals surface area contributed by atoms with Crippen LogP contribution in [0, 0.1) is 5.41 Å². The molecule has 11 heavy (non-hydrogen) atoms. The highest BCUT2D eigenvalue weighted by Crippen LogP contribution is 2.49. The molecule has 0 aromatic heterocycles. The summed E-state index contributed by atoms with van der Waals surface area (Å²) in [5.41, 5.74) is 1.64. The molecule has 1 heterocycles. The lowest BCUT2D eigenvalue weighted by atomic mass is 9.89. The van der Waals surface area contributed by atoms with Crippen molar-refractivity contribution in [3.8, 4) is 0 Å². The average Bonchev–Trinajstić information content (AvgIpc) is 2.06. The second-order valence-corrected chi connectivity index (χ2v) is 11.0. The Morgan fingerprint density at radius 3 is 1.91 bits per heavy atom. The highest BCUT2D eigenvalue weighted by molar-refractivity contribution is 6.79. The maximum atomic E-state index is 2.57. The van der Waals surface area contributed by atoms with Gasteiger partial charge in [0.2, 0.25) is 0 Å². The first kappa shape index (κ1) is 9.31. The number of hydrogen-bond acceptors (Lipinski definition) is 0. The SMILES string of the molecule is CC(C)(C)C1CCC[Si]1(C)C. The van der Waals surface area contributed by atoms with E-state index in [4.69, 9.17) is 0 Å². The molecule has 1 heteroatoms. The van der Waals surface area contributed by atoms with Gasteiger partial charge in [-0.2, -0.15) is 0 Å². The number of hydrogen-bond donors (Lipinski definition) is 0. The topological polar surface area (TPSA) is 0 Å². The monoisotopic (exact) mass is 170 g/mol. The van der Waals surface area contributed by atoms with Crippen LogP contribution in [0.1, 0.15) is 33.6 Å². The van der Waals surface area contributed by atoms with Gasteiger partial charge >= 0.3 is 0 Å². The van der Waals surface area contributed by atoms with Crippen molar-refractivity contribution in [1.29, 1.82) is 0 Å². The van der Waals surface area contributed by atoms with E-state index in [1.807, 2.05) is 0 Å². The van der Waals surface area contributed by atoms with Crippen molar-refractivity contribution in [2.75, 3.05) is 0 Å². The summed E-state index contributed by atoms with van der Waals surface area (Å²) in [4.78, 5) is 0. The summed E-state index contributed by atoms with van der Waals surface area (Å²) in [5, 5.41) is 0. The Bertz CT molecular complexity index is 141. The quantitative estimate of drug-likeness (QED) is 0.484. The smallest absolute Gasteiger partial charge is 0.0510 e. The highest BCUT2D eigenvalue weighted by atomic mass is 28.3. The molecule has 0 amide bonds. The average molecular weight is 170 g/mol. The Kier molecular flexibility index (Phi) is 2.21. The van der Waals surface area contributed by atoms with Crippen LogP contribution in [0.5, 0.6) is 0 Å². The van der Waals surface area contributed by atoms with Crippen LogP contribution in [0.2, 0.25) is 24.7 Å². The molecule has 1 fully saturated rings. The molecule has 0 aromatic carbocycles. The summed E-state index contributed by atoms with van der Waals surface area (Å²) in [7, 11) is -0.805. The van der Waals surface area contributed by atoms with E-state index >= 15 is 0 Å². The lowest BCUT2D eigenvalue weighted by Gasteiger charge is -2.36. The van der Waals surface area contributed by atoms with Crippen LogP contribution in [0.4, 0.5) is 0 Å². The summed E-state index contributed by atoms with van der Waals surface area (Å²) in [6.07, 6.45) is 3.00. The van der Waals surface area contributed by atoms with Gasteiger partial charge in [-0.1, -0.05) is 52.8 Å². The maximum Gasteiger partial charge on any atom is 0.0510 e. The molecule has 1 unspecified atom stereocenters. The Morgan fingerprint density at radius 2 is 1.73 bits per heavy atom. The van der Waals surface area contributed by atoms with Gasteiger partial charge < -0.3 is 0 Å². The van der Waals surface area contributed by atoms with E-state index in [9.17, 15) is 0 Å². The molecule has 0 N–H and O–H groups in total. The molecule has 0 nitrogen and oxygen atoms in total. The summed E-state index contributed by atoms with van der Waals surface area (Å²) in [5.74, 6) is 0. The first-order chi connectivity index (χ1) is 4.84. The largest absolute Gasteiger partial charge is 0.0691 e. The van der Waals surface area contributed by atoms with Crippen molar-refractivity contribution in [1.82, 2.24) is 0 Å². The second-order valence-electron chi connectivity index (χ2n) is 5.80. The molecule has 1 aliphatic rings.